The fourth-order valence-corrected chi connectivity index (χ4v) is 3.88. The highest BCUT2D eigenvalue weighted by atomic mass is 35.5. The van der Waals surface area contributed by atoms with Crippen molar-refractivity contribution in [3.8, 4) is 0 Å². The van der Waals surface area contributed by atoms with Crippen molar-refractivity contribution in [2.24, 2.45) is 5.41 Å². The van der Waals surface area contributed by atoms with Gasteiger partial charge in [0.2, 0.25) is 0 Å². The molecule has 2 saturated carbocycles. The zero-order valence-corrected chi connectivity index (χ0v) is 11.3. The van der Waals surface area contributed by atoms with Crippen molar-refractivity contribution in [1.82, 2.24) is 0 Å². The molecular formula is C14H25ClO. The molecule has 0 saturated heterocycles. The smallest absolute Gasteiger partial charge is 0.0659 e. The van der Waals surface area contributed by atoms with E-state index in [1.165, 1.54) is 51.4 Å². The monoisotopic (exact) mass is 244 g/mol. The van der Waals surface area contributed by atoms with E-state index in [0.29, 0.717) is 16.9 Å². The van der Waals surface area contributed by atoms with Crippen LogP contribution >= 0.6 is 11.6 Å². The summed E-state index contributed by atoms with van der Waals surface area (Å²) >= 11 is 6.39. The fraction of sp³-hybridized carbons (Fsp3) is 1.00. The molecule has 2 aliphatic rings. The lowest BCUT2D eigenvalue weighted by molar-refractivity contribution is -0.105. The maximum atomic E-state index is 6.39. The third-order valence-corrected chi connectivity index (χ3v) is 5.15. The molecule has 94 valence electrons. The Morgan fingerprint density at radius 1 is 1.19 bits per heavy atom. The summed E-state index contributed by atoms with van der Waals surface area (Å²) in [7, 11) is 0. The molecule has 2 unspecified atom stereocenters. The van der Waals surface area contributed by atoms with Crippen molar-refractivity contribution in [3.63, 3.8) is 0 Å². The van der Waals surface area contributed by atoms with Gasteiger partial charge in [0.15, 0.2) is 0 Å². The molecule has 0 aromatic rings. The van der Waals surface area contributed by atoms with Crippen LogP contribution < -0.4 is 0 Å². The van der Waals surface area contributed by atoms with E-state index in [2.05, 4.69) is 6.92 Å². The van der Waals surface area contributed by atoms with Crippen molar-refractivity contribution in [2.45, 2.75) is 76.2 Å². The van der Waals surface area contributed by atoms with Crippen molar-refractivity contribution >= 4 is 11.6 Å². The Labute approximate surface area is 105 Å². The zero-order valence-electron chi connectivity index (χ0n) is 10.5. The van der Waals surface area contributed by atoms with Crippen LogP contribution in [0.15, 0.2) is 0 Å². The van der Waals surface area contributed by atoms with Gasteiger partial charge in [-0.15, -0.1) is 11.6 Å². The first-order chi connectivity index (χ1) is 7.79. The highest BCUT2D eigenvalue weighted by Crippen LogP contribution is 2.57. The predicted octanol–water partition coefficient (Wildman–Crippen LogP) is 4.52. The molecule has 0 amide bonds. The Hall–Kier alpha value is 0.250. The Kier molecular flexibility index (Phi) is 4.55. The van der Waals surface area contributed by atoms with Crippen molar-refractivity contribution in [3.05, 3.63) is 0 Å². The number of alkyl halides is 1. The molecule has 1 spiro atoms. The van der Waals surface area contributed by atoms with Gasteiger partial charge in [-0.1, -0.05) is 39.0 Å². The van der Waals surface area contributed by atoms with Crippen LogP contribution in [-0.4, -0.2) is 18.1 Å². The van der Waals surface area contributed by atoms with Crippen molar-refractivity contribution in [2.75, 3.05) is 6.61 Å². The number of ether oxygens (including phenoxy) is 1. The quantitative estimate of drug-likeness (QED) is 0.493. The molecule has 0 N–H and O–H groups in total. The highest BCUT2D eigenvalue weighted by molar-refractivity contribution is 6.21. The molecule has 16 heavy (non-hydrogen) atoms. The van der Waals surface area contributed by atoms with Gasteiger partial charge < -0.3 is 4.74 Å². The maximum absolute atomic E-state index is 6.39. The molecule has 0 heterocycles. The van der Waals surface area contributed by atoms with E-state index in [1.54, 1.807) is 0 Å². The molecule has 2 aliphatic carbocycles. The van der Waals surface area contributed by atoms with E-state index < -0.39 is 0 Å². The number of halogens is 1. The van der Waals surface area contributed by atoms with Crippen LogP contribution in [0, 0.1) is 5.41 Å². The first-order valence-electron chi connectivity index (χ1n) is 7.05. The van der Waals surface area contributed by atoms with E-state index >= 15 is 0 Å². The predicted molar refractivity (Wildman–Crippen MR) is 69.0 cm³/mol. The second-order valence-electron chi connectivity index (χ2n) is 5.56. The van der Waals surface area contributed by atoms with Gasteiger partial charge in [0.25, 0.3) is 0 Å². The number of hydrogen-bond donors (Lipinski definition) is 0. The standard InChI is InChI=1S/C14H25ClO/c1-2-3-4-7-10-16-13-11-12(15)14(13)8-5-6-9-14/h12-13H,2-11H2,1H3. The van der Waals surface area contributed by atoms with Gasteiger partial charge in [0.1, 0.15) is 0 Å². The average Bonchev–Trinajstić information content (AvgIpc) is 2.79. The molecule has 2 atom stereocenters. The SMILES string of the molecule is CCCCCCOC1CC(Cl)C12CCCC2. The number of rotatable bonds is 6. The van der Waals surface area contributed by atoms with Crippen LogP contribution in [0.4, 0.5) is 0 Å². The average molecular weight is 245 g/mol. The van der Waals surface area contributed by atoms with E-state index in [-0.39, 0.29) is 0 Å². The number of unbranched alkanes of at least 4 members (excludes halogenated alkanes) is 3. The minimum Gasteiger partial charge on any atom is -0.378 e. The van der Waals surface area contributed by atoms with Crippen LogP contribution in [0.1, 0.15) is 64.7 Å². The summed E-state index contributed by atoms with van der Waals surface area (Å²) in [5.41, 5.74) is 0.381. The van der Waals surface area contributed by atoms with Crippen LogP contribution in [0.5, 0.6) is 0 Å². The largest absolute Gasteiger partial charge is 0.378 e. The van der Waals surface area contributed by atoms with E-state index in [9.17, 15) is 0 Å². The summed E-state index contributed by atoms with van der Waals surface area (Å²) in [4.78, 5) is 0. The third kappa shape index (κ3) is 2.41. The molecule has 0 bridgehead atoms. The second-order valence-corrected chi connectivity index (χ2v) is 6.09. The molecule has 1 nitrogen and oxygen atoms in total. The Morgan fingerprint density at radius 3 is 2.56 bits per heavy atom. The Morgan fingerprint density at radius 2 is 1.94 bits per heavy atom. The first-order valence-corrected chi connectivity index (χ1v) is 7.49. The molecule has 2 heteroatoms. The van der Waals surface area contributed by atoms with Gasteiger partial charge in [-0.2, -0.15) is 0 Å². The lowest BCUT2D eigenvalue weighted by Crippen LogP contribution is -2.54. The van der Waals surface area contributed by atoms with Crippen LogP contribution in [-0.2, 0) is 4.74 Å². The van der Waals surface area contributed by atoms with Gasteiger partial charge in [-0.25, -0.2) is 0 Å². The molecule has 0 radical (unpaired) electrons. The summed E-state index contributed by atoms with van der Waals surface area (Å²) in [5, 5.41) is 0.399. The minimum atomic E-state index is 0.381. The van der Waals surface area contributed by atoms with Gasteiger partial charge in [-0.05, 0) is 25.7 Å². The van der Waals surface area contributed by atoms with Crippen LogP contribution in [0.25, 0.3) is 0 Å². The van der Waals surface area contributed by atoms with Crippen molar-refractivity contribution in [1.29, 1.82) is 0 Å². The first kappa shape index (κ1) is 12.7. The lowest BCUT2D eigenvalue weighted by atomic mass is 9.64. The summed E-state index contributed by atoms with van der Waals surface area (Å²) < 4.78 is 6.05. The molecule has 2 rings (SSSR count). The topological polar surface area (TPSA) is 9.23 Å². The molecule has 2 fully saturated rings. The van der Waals surface area contributed by atoms with Crippen LogP contribution in [0.3, 0.4) is 0 Å². The van der Waals surface area contributed by atoms with Gasteiger partial charge in [-0.3, -0.25) is 0 Å². The Balaban J connectivity index is 1.66. The second kappa shape index (κ2) is 5.73. The molecular weight excluding hydrogens is 220 g/mol. The molecule has 0 aromatic heterocycles. The number of hydrogen-bond acceptors (Lipinski definition) is 1. The summed E-state index contributed by atoms with van der Waals surface area (Å²) in [5.74, 6) is 0. The summed E-state index contributed by atoms with van der Waals surface area (Å²) in [6.07, 6.45) is 12.1. The third-order valence-electron chi connectivity index (χ3n) is 4.54. The van der Waals surface area contributed by atoms with Gasteiger partial charge >= 0.3 is 0 Å². The lowest BCUT2D eigenvalue weighted by Gasteiger charge is -2.51. The van der Waals surface area contributed by atoms with Crippen molar-refractivity contribution < 1.29 is 4.74 Å². The van der Waals surface area contributed by atoms with Gasteiger partial charge in [0.05, 0.1) is 6.10 Å². The summed E-state index contributed by atoms with van der Waals surface area (Å²) in [6, 6.07) is 0. The minimum absolute atomic E-state index is 0.381. The van der Waals surface area contributed by atoms with Gasteiger partial charge in [0, 0.05) is 17.4 Å². The fourth-order valence-electron chi connectivity index (χ4n) is 3.36. The summed E-state index contributed by atoms with van der Waals surface area (Å²) in [6.45, 7) is 3.20. The normalized spacial score (nSPS) is 31.9. The Bertz CT molecular complexity index is 211. The van der Waals surface area contributed by atoms with E-state index in [0.717, 1.165) is 13.0 Å². The molecule has 0 aromatic carbocycles. The highest BCUT2D eigenvalue weighted by Gasteiger charge is 2.55. The van der Waals surface area contributed by atoms with E-state index in [1.807, 2.05) is 0 Å². The van der Waals surface area contributed by atoms with E-state index in [4.69, 9.17) is 16.3 Å². The van der Waals surface area contributed by atoms with Crippen LogP contribution in [0.2, 0.25) is 0 Å². The maximum Gasteiger partial charge on any atom is 0.0659 e. The molecule has 0 aliphatic heterocycles. The zero-order chi connectivity index (χ0) is 11.4.